The van der Waals surface area contributed by atoms with Crippen molar-refractivity contribution in [3.05, 3.63) is 35.9 Å². The zero-order valence-corrected chi connectivity index (χ0v) is 7.66. The van der Waals surface area contributed by atoms with E-state index in [1.165, 1.54) is 0 Å². The lowest BCUT2D eigenvalue weighted by atomic mass is 9.93. The molecule has 0 saturated carbocycles. The highest BCUT2D eigenvalue weighted by molar-refractivity contribution is 6.34. The number of carbonyl (C=O) groups is 1. The van der Waals surface area contributed by atoms with Gasteiger partial charge in [-0.25, -0.2) is 0 Å². The molecule has 0 saturated heterocycles. The summed E-state index contributed by atoms with van der Waals surface area (Å²) in [6.45, 7) is 0. The van der Waals surface area contributed by atoms with Gasteiger partial charge in [-0.2, -0.15) is 0 Å². The van der Waals surface area contributed by atoms with E-state index in [9.17, 15) is 4.79 Å². The van der Waals surface area contributed by atoms with Gasteiger partial charge in [0.25, 0.3) is 0 Å². The SMILES string of the molecule is O=C1C=C2C(=Nc3ccccc32)CC1. The molecule has 1 aliphatic carbocycles. The molecule has 0 spiro atoms. The summed E-state index contributed by atoms with van der Waals surface area (Å²) in [6, 6.07) is 7.97. The van der Waals surface area contributed by atoms with Crippen LogP contribution in [0, 0.1) is 0 Å². The summed E-state index contributed by atoms with van der Waals surface area (Å²) in [5.41, 5.74) is 4.22. The van der Waals surface area contributed by atoms with Gasteiger partial charge in [-0.15, -0.1) is 0 Å². The molecule has 1 aromatic carbocycles. The van der Waals surface area contributed by atoms with Crippen molar-refractivity contribution in [2.75, 3.05) is 0 Å². The number of ketones is 1. The lowest BCUT2D eigenvalue weighted by Crippen LogP contribution is -2.09. The second-order valence-corrected chi connectivity index (χ2v) is 3.60. The lowest BCUT2D eigenvalue weighted by molar-refractivity contribution is -0.114. The number of carbonyl (C=O) groups excluding carboxylic acids is 1. The Morgan fingerprint density at radius 2 is 2.00 bits per heavy atom. The first kappa shape index (κ1) is 7.68. The van der Waals surface area contributed by atoms with Crippen LogP contribution in [0.4, 0.5) is 5.69 Å². The highest BCUT2D eigenvalue weighted by Gasteiger charge is 2.24. The van der Waals surface area contributed by atoms with Gasteiger partial charge in [0, 0.05) is 23.3 Å². The number of para-hydroxylation sites is 1. The molecule has 1 aromatic rings. The summed E-state index contributed by atoms with van der Waals surface area (Å²) in [6.07, 6.45) is 3.13. The van der Waals surface area contributed by atoms with Crippen LogP contribution in [0.25, 0.3) is 5.57 Å². The first-order valence-electron chi connectivity index (χ1n) is 4.76. The molecule has 0 radical (unpaired) electrons. The van der Waals surface area contributed by atoms with Gasteiger partial charge in [0.05, 0.1) is 5.69 Å². The van der Waals surface area contributed by atoms with E-state index < -0.39 is 0 Å². The number of benzene rings is 1. The van der Waals surface area contributed by atoms with Crippen molar-refractivity contribution in [3.8, 4) is 0 Å². The van der Waals surface area contributed by atoms with E-state index in [0.717, 1.165) is 29.0 Å². The maximum Gasteiger partial charge on any atom is 0.156 e. The van der Waals surface area contributed by atoms with Gasteiger partial charge in [-0.05, 0) is 18.6 Å². The van der Waals surface area contributed by atoms with Gasteiger partial charge in [-0.3, -0.25) is 9.79 Å². The Balaban J connectivity index is 2.23. The van der Waals surface area contributed by atoms with E-state index in [0.29, 0.717) is 6.42 Å². The van der Waals surface area contributed by atoms with E-state index in [2.05, 4.69) is 4.99 Å². The largest absolute Gasteiger partial charge is 0.295 e. The molecule has 0 N–H and O–H groups in total. The third-order valence-corrected chi connectivity index (χ3v) is 2.67. The fourth-order valence-electron chi connectivity index (χ4n) is 1.99. The summed E-state index contributed by atoms with van der Waals surface area (Å²) in [4.78, 5) is 15.8. The standard InChI is InChI=1S/C12H9NO/c14-8-5-6-12-10(7-8)9-3-1-2-4-11(9)13-12/h1-4,7H,5-6H2. The first-order chi connectivity index (χ1) is 6.84. The molecule has 2 nitrogen and oxygen atoms in total. The van der Waals surface area contributed by atoms with Gasteiger partial charge in [0.2, 0.25) is 0 Å². The molecular weight excluding hydrogens is 174 g/mol. The summed E-state index contributed by atoms with van der Waals surface area (Å²) in [5.74, 6) is 0.218. The number of hydrogen-bond donors (Lipinski definition) is 0. The van der Waals surface area contributed by atoms with E-state index in [1.807, 2.05) is 24.3 Å². The van der Waals surface area contributed by atoms with E-state index in [4.69, 9.17) is 0 Å². The molecule has 0 unspecified atom stereocenters. The number of hydrogen-bond acceptors (Lipinski definition) is 2. The molecule has 3 rings (SSSR count). The minimum atomic E-state index is 0.218. The molecule has 1 aliphatic heterocycles. The molecule has 14 heavy (non-hydrogen) atoms. The van der Waals surface area contributed by atoms with Crippen LogP contribution in [-0.4, -0.2) is 11.5 Å². The normalized spacial score (nSPS) is 18.4. The summed E-state index contributed by atoms with van der Waals surface area (Å²) in [5, 5.41) is 0. The van der Waals surface area contributed by atoms with Crippen LogP contribution in [0.5, 0.6) is 0 Å². The number of rotatable bonds is 0. The second-order valence-electron chi connectivity index (χ2n) is 3.60. The summed E-state index contributed by atoms with van der Waals surface area (Å²) >= 11 is 0. The predicted octanol–water partition coefficient (Wildman–Crippen LogP) is 2.52. The number of aliphatic imine (C=N–C) groups is 1. The Hall–Kier alpha value is -1.70. The molecule has 0 aromatic heterocycles. The average Bonchev–Trinajstić information content (AvgIpc) is 2.56. The number of fused-ring (bicyclic) bond motifs is 3. The Morgan fingerprint density at radius 3 is 2.93 bits per heavy atom. The monoisotopic (exact) mass is 183 g/mol. The number of allylic oxidation sites excluding steroid dienone is 2. The molecule has 2 heteroatoms. The van der Waals surface area contributed by atoms with Crippen molar-refractivity contribution < 1.29 is 4.79 Å². The molecule has 0 fully saturated rings. The van der Waals surface area contributed by atoms with E-state index in [1.54, 1.807) is 6.08 Å². The van der Waals surface area contributed by atoms with Crippen molar-refractivity contribution in [1.29, 1.82) is 0 Å². The Morgan fingerprint density at radius 1 is 1.14 bits per heavy atom. The topological polar surface area (TPSA) is 29.4 Å². The molecule has 0 bridgehead atoms. The third kappa shape index (κ3) is 0.970. The van der Waals surface area contributed by atoms with Crippen molar-refractivity contribution in [3.63, 3.8) is 0 Å². The van der Waals surface area contributed by atoms with E-state index in [-0.39, 0.29) is 5.78 Å². The van der Waals surface area contributed by atoms with Crippen molar-refractivity contribution in [2.24, 2.45) is 4.99 Å². The average molecular weight is 183 g/mol. The Labute approximate surface area is 82.0 Å². The maximum atomic E-state index is 11.3. The highest BCUT2D eigenvalue weighted by Crippen LogP contribution is 2.37. The van der Waals surface area contributed by atoms with E-state index >= 15 is 0 Å². The number of nitrogens with zero attached hydrogens (tertiary/aromatic N) is 1. The fourth-order valence-corrected chi connectivity index (χ4v) is 1.99. The lowest BCUT2D eigenvalue weighted by Gasteiger charge is -2.08. The van der Waals surface area contributed by atoms with Gasteiger partial charge >= 0.3 is 0 Å². The fraction of sp³-hybridized carbons (Fsp3) is 0.167. The van der Waals surface area contributed by atoms with Crippen molar-refractivity contribution in [2.45, 2.75) is 12.8 Å². The predicted molar refractivity (Wildman–Crippen MR) is 55.8 cm³/mol. The molecular formula is C12H9NO. The van der Waals surface area contributed by atoms with Gasteiger partial charge in [-0.1, -0.05) is 18.2 Å². The zero-order chi connectivity index (χ0) is 9.54. The van der Waals surface area contributed by atoms with Gasteiger partial charge in [0.15, 0.2) is 5.78 Å². The molecule has 2 aliphatic rings. The van der Waals surface area contributed by atoms with Crippen LogP contribution in [0.1, 0.15) is 18.4 Å². The van der Waals surface area contributed by atoms with Gasteiger partial charge in [0.1, 0.15) is 0 Å². The van der Waals surface area contributed by atoms with Crippen LogP contribution < -0.4 is 0 Å². The van der Waals surface area contributed by atoms with Crippen LogP contribution in [0.3, 0.4) is 0 Å². The maximum absolute atomic E-state index is 11.3. The quantitative estimate of drug-likeness (QED) is 0.607. The summed E-state index contributed by atoms with van der Waals surface area (Å²) in [7, 11) is 0. The first-order valence-corrected chi connectivity index (χ1v) is 4.76. The highest BCUT2D eigenvalue weighted by atomic mass is 16.1. The van der Waals surface area contributed by atoms with Crippen LogP contribution in [-0.2, 0) is 4.79 Å². The Bertz CT molecular complexity index is 483. The van der Waals surface area contributed by atoms with Crippen LogP contribution in [0.2, 0.25) is 0 Å². The smallest absolute Gasteiger partial charge is 0.156 e. The molecule has 0 atom stereocenters. The minimum Gasteiger partial charge on any atom is -0.295 e. The Kier molecular flexibility index (Phi) is 1.45. The molecule has 0 amide bonds. The van der Waals surface area contributed by atoms with Crippen LogP contribution in [0.15, 0.2) is 35.3 Å². The van der Waals surface area contributed by atoms with Crippen molar-refractivity contribution in [1.82, 2.24) is 0 Å². The molecule has 68 valence electrons. The van der Waals surface area contributed by atoms with Gasteiger partial charge < -0.3 is 0 Å². The summed E-state index contributed by atoms with van der Waals surface area (Å²) < 4.78 is 0. The van der Waals surface area contributed by atoms with Crippen molar-refractivity contribution >= 4 is 22.8 Å². The minimum absolute atomic E-state index is 0.218. The third-order valence-electron chi connectivity index (χ3n) is 2.67. The second kappa shape index (κ2) is 2.64. The molecule has 1 heterocycles. The zero-order valence-electron chi connectivity index (χ0n) is 7.66. The van der Waals surface area contributed by atoms with Crippen LogP contribution >= 0.6 is 0 Å².